The molecule has 88 valence electrons. The molecule has 0 spiro atoms. The first-order chi connectivity index (χ1) is 6.97. The van der Waals surface area contributed by atoms with Gasteiger partial charge in [-0.1, -0.05) is 18.1 Å². The first-order valence-electron chi connectivity index (χ1n) is 5.43. The lowest BCUT2D eigenvalue weighted by Crippen LogP contribution is -2.34. The predicted octanol–water partition coefficient (Wildman–Crippen LogP) is 3.42. The maximum absolute atomic E-state index is 11.9. The van der Waals surface area contributed by atoms with Gasteiger partial charge in [-0.3, -0.25) is 0 Å². The minimum atomic E-state index is -4.07. The molecule has 0 amide bonds. The van der Waals surface area contributed by atoms with Crippen LogP contribution in [0.25, 0.3) is 0 Å². The molecule has 1 N–H and O–H groups in total. The van der Waals surface area contributed by atoms with Crippen LogP contribution in [0.1, 0.15) is 39.0 Å². The predicted molar refractivity (Wildman–Crippen MR) is 54.7 cm³/mol. The molecule has 1 rings (SSSR count). The lowest BCUT2D eigenvalue weighted by atomic mass is 9.98. The second-order valence-corrected chi connectivity index (χ2v) is 4.22. The zero-order chi connectivity index (χ0) is 11.3. The van der Waals surface area contributed by atoms with Crippen molar-refractivity contribution in [2.75, 3.05) is 6.54 Å². The van der Waals surface area contributed by atoms with Crippen LogP contribution in [0.4, 0.5) is 13.2 Å². The number of halogens is 3. The molecule has 1 saturated heterocycles. The van der Waals surface area contributed by atoms with Crippen LogP contribution in [0.15, 0.2) is 11.6 Å². The highest BCUT2D eigenvalue weighted by atomic mass is 19.4. The topological polar surface area (TPSA) is 12.0 Å². The Morgan fingerprint density at radius 3 is 2.67 bits per heavy atom. The summed E-state index contributed by atoms with van der Waals surface area (Å²) in [5, 5.41) is 3.33. The minimum absolute atomic E-state index is 0.378. The van der Waals surface area contributed by atoms with E-state index in [0.29, 0.717) is 6.04 Å². The zero-order valence-electron chi connectivity index (χ0n) is 9.03. The first kappa shape index (κ1) is 12.6. The fraction of sp³-hybridized carbons (Fsp3) is 0.818. The summed E-state index contributed by atoms with van der Waals surface area (Å²) in [5.74, 6) is 0. The van der Waals surface area contributed by atoms with Gasteiger partial charge in [-0.15, -0.1) is 0 Å². The third kappa shape index (κ3) is 5.82. The van der Waals surface area contributed by atoms with Crippen molar-refractivity contribution in [3.05, 3.63) is 11.6 Å². The summed E-state index contributed by atoms with van der Waals surface area (Å²) in [6.07, 6.45) is 0.627. The van der Waals surface area contributed by atoms with Crippen molar-refractivity contribution in [1.29, 1.82) is 0 Å². The Labute approximate surface area is 88.7 Å². The molecular weight excluding hydrogens is 203 g/mol. The molecule has 1 unspecified atom stereocenters. The van der Waals surface area contributed by atoms with E-state index in [-0.39, 0.29) is 0 Å². The Balaban J connectivity index is 2.30. The molecule has 1 fully saturated rings. The molecule has 1 heterocycles. The molecular formula is C11H18F3N. The van der Waals surface area contributed by atoms with Gasteiger partial charge in [0.2, 0.25) is 0 Å². The van der Waals surface area contributed by atoms with E-state index in [2.05, 4.69) is 5.32 Å². The van der Waals surface area contributed by atoms with Crippen molar-refractivity contribution in [2.45, 2.75) is 51.2 Å². The maximum Gasteiger partial charge on any atom is 0.392 e. The number of nitrogens with one attached hydrogen (secondary N) is 1. The molecule has 0 aromatic carbocycles. The second-order valence-electron chi connectivity index (χ2n) is 4.22. The van der Waals surface area contributed by atoms with Crippen molar-refractivity contribution in [1.82, 2.24) is 5.32 Å². The lowest BCUT2D eigenvalue weighted by Gasteiger charge is -2.23. The van der Waals surface area contributed by atoms with Crippen LogP contribution in [0.3, 0.4) is 0 Å². The Hall–Kier alpha value is -0.510. The first-order valence-corrected chi connectivity index (χ1v) is 5.43. The normalized spacial score (nSPS) is 24.3. The summed E-state index contributed by atoms with van der Waals surface area (Å²) in [7, 11) is 0. The molecule has 0 saturated carbocycles. The molecule has 4 heteroatoms. The zero-order valence-corrected chi connectivity index (χ0v) is 9.03. The van der Waals surface area contributed by atoms with Crippen LogP contribution in [-0.2, 0) is 0 Å². The standard InChI is InChI=1S/C11H18F3N/c1-9(5-6-11(12,13)14)8-10-4-2-3-7-15-10/h5,10,15H,2-4,6-8H2,1H3. The number of rotatable bonds is 3. The van der Waals surface area contributed by atoms with E-state index in [4.69, 9.17) is 0 Å². The summed E-state index contributed by atoms with van der Waals surface area (Å²) in [4.78, 5) is 0. The van der Waals surface area contributed by atoms with E-state index >= 15 is 0 Å². The van der Waals surface area contributed by atoms with Crippen LogP contribution in [-0.4, -0.2) is 18.8 Å². The third-order valence-corrected chi connectivity index (χ3v) is 2.66. The van der Waals surface area contributed by atoms with E-state index in [9.17, 15) is 13.2 Å². The van der Waals surface area contributed by atoms with E-state index in [0.717, 1.165) is 25.0 Å². The molecule has 0 aliphatic carbocycles. The second kappa shape index (κ2) is 5.54. The van der Waals surface area contributed by atoms with Crippen LogP contribution < -0.4 is 5.32 Å². The van der Waals surface area contributed by atoms with E-state index in [1.54, 1.807) is 6.92 Å². The van der Waals surface area contributed by atoms with E-state index in [1.807, 2.05) is 0 Å². The monoisotopic (exact) mass is 221 g/mol. The largest absolute Gasteiger partial charge is 0.392 e. The lowest BCUT2D eigenvalue weighted by molar-refractivity contribution is -0.125. The SMILES string of the molecule is CC(=CCC(F)(F)F)CC1CCCCN1. The van der Waals surface area contributed by atoms with Gasteiger partial charge in [0, 0.05) is 6.04 Å². The average Bonchev–Trinajstić information content (AvgIpc) is 2.15. The Bertz CT molecular complexity index is 214. The van der Waals surface area contributed by atoms with Crippen molar-refractivity contribution >= 4 is 0 Å². The maximum atomic E-state index is 11.9. The highest BCUT2D eigenvalue weighted by Gasteiger charge is 2.25. The van der Waals surface area contributed by atoms with Crippen molar-refractivity contribution in [3.8, 4) is 0 Å². The van der Waals surface area contributed by atoms with Gasteiger partial charge in [-0.2, -0.15) is 13.2 Å². The van der Waals surface area contributed by atoms with Crippen LogP contribution in [0.2, 0.25) is 0 Å². The summed E-state index contributed by atoms with van der Waals surface area (Å²) in [6, 6.07) is 0.378. The van der Waals surface area contributed by atoms with Gasteiger partial charge in [-0.05, 0) is 32.7 Å². The van der Waals surface area contributed by atoms with E-state index in [1.165, 1.54) is 18.9 Å². The molecule has 1 aliphatic heterocycles. The number of hydrogen-bond acceptors (Lipinski definition) is 1. The quantitative estimate of drug-likeness (QED) is 0.720. The van der Waals surface area contributed by atoms with Crippen molar-refractivity contribution < 1.29 is 13.2 Å². The fourth-order valence-electron chi connectivity index (χ4n) is 1.86. The van der Waals surface area contributed by atoms with Crippen molar-refractivity contribution in [2.24, 2.45) is 0 Å². The summed E-state index contributed by atoms with van der Waals surface area (Å²) < 4.78 is 35.8. The highest BCUT2D eigenvalue weighted by Crippen LogP contribution is 2.22. The molecule has 0 aromatic heterocycles. The summed E-state index contributed by atoms with van der Waals surface area (Å²) in [5.41, 5.74) is 0.840. The summed E-state index contributed by atoms with van der Waals surface area (Å²) >= 11 is 0. The third-order valence-electron chi connectivity index (χ3n) is 2.66. The molecule has 1 nitrogen and oxygen atoms in total. The number of allylic oxidation sites excluding steroid dienone is 1. The molecule has 1 atom stereocenters. The van der Waals surface area contributed by atoms with Gasteiger partial charge in [0.25, 0.3) is 0 Å². The van der Waals surface area contributed by atoms with E-state index < -0.39 is 12.6 Å². The minimum Gasteiger partial charge on any atom is -0.314 e. The molecule has 0 bridgehead atoms. The molecule has 0 aromatic rings. The molecule has 15 heavy (non-hydrogen) atoms. The van der Waals surface area contributed by atoms with Gasteiger partial charge in [-0.25, -0.2) is 0 Å². The molecule has 1 aliphatic rings. The van der Waals surface area contributed by atoms with Gasteiger partial charge < -0.3 is 5.32 Å². The Morgan fingerprint density at radius 1 is 1.40 bits per heavy atom. The summed E-state index contributed by atoms with van der Waals surface area (Å²) in [6.45, 7) is 2.78. The van der Waals surface area contributed by atoms with Crippen molar-refractivity contribution in [3.63, 3.8) is 0 Å². The van der Waals surface area contributed by atoms with Gasteiger partial charge in [0.1, 0.15) is 0 Å². The Morgan fingerprint density at radius 2 is 2.13 bits per heavy atom. The smallest absolute Gasteiger partial charge is 0.314 e. The Kier molecular flexibility index (Phi) is 4.64. The fourth-order valence-corrected chi connectivity index (χ4v) is 1.86. The number of piperidine rings is 1. The van der Waals surface area contributed by atoms with Crippen LogP contribution in [0.5, 0.6) is 0 Å². The van der Waals surface area contributed by atoms with Gasteiger partial charge >= 0.3 is 6.18 Å². The van der Waals surface area contributed by atoms with Crippen LogP contribution >= 0.6 is 0 Å². The highest BCUT2D eigenvalue weighted by molar-refractivity contribution is 5.02. The van der Waals surface area contributed by atoms with Gasteiger partial charge in [0.15, 0.2) is 0 Å². The van der Waals surface area contributed by atoms with Crippen LogP contribution in [0, 0.1) is 0 Å². The number of alkyl halides is 3. The average molecular weight is 221 g/mol. The number of hydrogen-bond donors (Lipinski definition) is 1. The van der Waals surface area contributed by atoms with Gasteiger partial charge in [0.05, 0.1) is 6.42 Å². The molecule has 0 radical (unpaired) electrons.